The Morgan fingerprint density at radius 1 is 1.34 bits per heavy atom. The van der Waals surface area contributed by atoms with E-state index in [9.17, 15) is 4.79 Å². The third-order valence-electron chi connectivity index (χ3n) is 5.68. The molecule has 2 aliphatic rings. The number of carbonyl (C=O) groups is 1. The molecule has 0 bridgehead atoms. The van der Waals surface area contributed by atoms with Crippen molar-refractivity contribution in [2.45, 2.75) is 44.2 Å². The van der Waals surface area contributed by atoms with Crippen LogP contribution in [0.2, 0.25) is 5.15 Å². The Morgan fingerprint density at radius 3 is 2.97 bits per heavy atom. The molecule has 1 aliphatic carbocycles. The molecule has 1 unspecified atom stereocenters. The number of ether oxygens (including phenoxy) is 1. The van der Waals surface area contributed by atoms with Crippen LogP contribution in [0.5, 0.6) is 0 Å². The Kier molecular flexibility index (Phi) is 6.21. The fourth-order valence-electron chi connectivity index (χ4n) is 4.12. The minimum Gasteiger partial charge on any atom is -0.492 e. The number of carboxylic acid groups (broad SMARTS) is 1. The summed E-state index contributed by atoms with van der Waals surface area (Å²) < 4.78 is 7.92. The zero-order valence-electron chi connectivity index (χ0n) is 16.3. The SMILES string of the molecule is O=C(O)CCCN1CCC[C@H]1COC1=CCC(n2nc3ccccc3c2Cl)C=C1. The van der Waals surface area contributed by atoms with Gasteiger partial charge in [-0.2, -0.15) is 5.10 Å². The molecule has 1 aliphatic heterocycles. The lowest BCUT2D eigenvalue weighted by Gasteiger charge is -2.25. The van der Waals surface area contributed by atoms with Gasteiger partial charge in [-0.15, -0.1) is 0 Å². The predicted octanol–water partition coefficient (Wildman–Crippen LogP) is 4.42. The minimum absolute atomic E-state index is 0.0845. The molecule has 1 saturated heterocycles. The van der Waals surface area contributed by atoms with Crippen LogP contribution in [0.15, 0.2) is 48.3 Å². The van der Waals surface area contributed by atoms with Gasteiger partial charge in [-0.05, 0) is 63.1 Å². The van der Waals surface area contributed by atoms with Crippen LogP contribution in [0.25, 0.3) is 10.9 Å². The molecule has 1 N–H and O–H groups in total. The van der Waals surface area contributed by atoms with Crippen LogP contribution in [-0.4, -0.2) is 51.5 Å². The van der Waals surface area contributed by atoms with Gasteiger partial charge in [0.15, 0.2) is 0 Å². The number of hydrogen-bond acceptors (Lipinski definition) is 4. The molecular formula is C22H26ClN3O3. The molecule has 1 aromatic heterocycles. The molecule has 154 valence electrons. The summed E-state index contributed by atoms with van der Waals surface area (Å²) in [6, 6.07) is 8.34. The summed E-state index contributed by atoms with van der Waals surface area (Å²) in [6.45, 7) is 2.49. The van der Waals surface area contributed by atoms with Crippen LogP contribution >= 0.6 is 11.6 Å². The minimum atomic E-state index is -0.728. The molecular weight excluding hydrogens is 390 g/mol. The van der Waals surface area contributed by atoms with E-state index in [1.165, 1.54) is 0 Å². The van der Waals surface area contributed by atoms with Crippen LogP contribution in [0.4, 0.5) is 0 Å². The van der Waals surface area contributed by atoms with Crippen molar-refractivity contribution < 1.29 is 14.6 Å². The van der Waals surface area contributed by atoms with Gasteiger partial charge in [-0.25, -0.2) is 4.68 Å². The molecule has 2 heterocycles. The van der Waals surface area contributed by atoms with Crippen LogP contribution in [-0.2, 0) is 9.53 Å². The fourth-order valence-corrected chi connectivity index (χ4v) is 4.44. The maximum Gasteiger partial charge on any atom is 0.303 e. The summed E-state index contributed by atoms with van der Waals surface area (Å²) in [5.41, 5.74) is 0.904. The Hall–Kier alpha value is -2.31. The molecule has 29 heavy (non-hydrogen) atoms. The third-order valence-corrected chi connectivity index (χ3v) is 6.05. The van der Waals surface area contributed by atoms with E-state index in [1.54, 1.807) is 0 Å². The van der Waals surface area contributed by atoms with E-state index in [0.29, 0.717) is 24.2 Å². The van der Waals surface area contributed by atoms with Gasteiger partial charge in [0.05, 0.1) is 11.6 Å². The number of aliphatic carboxylic acids is 1. The highest BCUT2D eigenvalue weighted by atomic mass is 35.5. The highest BCUT2D eigenvalue weighted by Gasteiger charge is 2.25. The number of aromatic nitrogens is 2. The van der Waals surface area contributed by atoms with Gasteiger partial charge in [-0.3, -0.25) is 9.69 Å². The first-order valence-electron chi connectivity index (χ1n) is 10.2. The summed E-state index contributed by atoms with van der Waals surface area (Å²) in [5.74, 6) is 0.153. The summed E-state index contributed by atoms with van der Waals surface area (Å²) in [6.07, 6.45) is 10.1. The zero-order chi connectivity index (χ0) is 20.2. The van der Waals surface area contributed by atoms with Crippen molar-refractivity contribution in [2.24, 2.45) is 0 Å². The highest BCUT2D eigenvalue weighted by molar-refractivity contribution is 6.34. The molecule has 2 aromatic rings. The predicted molar refractivity (Wildman–Crippen MR) is 113 cm³/mol. The van der Waals surface area contributed by atoms with Gasteiger partial charge < -0.3 is 9.84 Å². The second-order valence-corrected chi connectivity index (χ2v) is 8.02. The second kappa shape index (κ2) is 9.01. The number of benzene rings is 1. The van der Waals surface area contributed by atoms with E-state index in [4.69, 9.17) is 21.4 Å². The number of hydrogen-bond donors (Lipinski definition) is 1. The number of halogens is 1. The summed E-state index contributed by atoms with van der Waals surface area (Å²) in [7, 11) is 0. The van der Waals surface area contributed by atoms with Crippen molar-refractivity contribution in [3.63, 3.8) is 0 Å². The molecule has 0 amide bonds. The molecule has 2 atom stereocenters. The van der Waals surface area contributed by atoms with Gasteiger partial charge in [-0.1, -0.05) is 29.8 Å². The van der Waals surface area contributed by atoms with Gasteiger partial charge in [0.25, 0.3) is 0 Å². The lowest BCUT2D eigenvalue weighted by atomic mass is 10.1. The van der Waals surface area contributed by atoms with E-state index in [1.807, 2.05) is 35.0 Å². The van der Waals surface area contributed by atoms with Crippen LogP contribution in [0, 0.1) is 0 Å². The lowest BCUT2D eigenvalue weighted by molar-refractivity contribution is -0.137. The number of nitrogens with zero attached hydrogens (tertiary/aromatic N) is 3. The molecule has 0 saturated carbocycles. The Balaban J connectivity index is 1.30. The topological polar surface area (TPSA) is 67.6 Å². The van der Waals surface area contributed by atoms with E-state index < -0.39 is 5.97 Å². The average molecular weight is 416 g/mol. The number of allylic oxidation sites excluding steroid dienone is 3. The Bertz CT molecular complexity index is 937. The Morgan fingerprint density at radius 2 is 2.21 bits per heavy atom. The quantitative estimate of drug-likeness (QED) is 0.691. The van der Waals surface area contributed by atoms with Crippen LogP contribution < -0.4 is 0 Å². The Labute approximate surface area is 175 Å². The van der Waals surface area contributed by atoms with Crippen molar-refractivity contribution in [3.05, 3.63) is 53.4 Å². The van der Waals surface area contributed by atoms with Crippen molar-refractivity contribution >= 4 is 28.5 Å². The van der Waals surface area contributed by atoms with Crippen molar-refractivity contribution in [1.29, 1.82) is 0 Å². The third kappa shape index (κ3) is 4.65. The van der Waals surface area contributed by atoms with E-state index in [2.05, 4.69) is 22.2 Å². The summed E-state index contributed by atoms with van der Waals surface area (Å²) >= 11 is 6.52. The molecule has 4 rings (SSSR count). The monoisotopic (exact) mass is 415 g/mol. The average Bonchev–Trinajstić information content (AvgIpc) is 3.31. The smallest absolute Gasteiger partial charge is 0.303 e. The van der Waals surface area contributed by atoms with E-state index in [0.717, 1.165) is 49.0 Å². The second-order valence-electron chi connectivity index (χ2n) is 7.66. The number of carboxylic acids is 1. The summed E-state index contributed by atoms with van der Waals surface area (Å²) in [4.78, 5) is 13.1. The highest BCUT2D eigenvalue weighted by Crippen LogP contribution is 2.30. The van der Waals surface area contributed by atoms with Crippen LogP contribution in [0.1, 0.15) is 38.1 Å². The first kappa shape index (κ1) is 20.0. The molecule has 0 radical (unpaired) electrons. The number of likely N-dealkylation sites (tertiary alicyclic amines) is 1. The fraction of sp³-hybridized carbons (Fsp3) is 0.455. The van der Waals surface area contributed by atoms with Crippen molar-refractivity contribution in [3.8, 4) is 0 Å². The first-order chi connectivity index (χ1) is 14.1. The molecule has 1 aromatic carbocycles. The van der Waals surface area contributed by atoms with Gasteiger partial charge in [0.1, 0.15) is 17.5 Å². The van der Waals surface area contributed by atoms with Gasteiger partial charge in [0.2, 0.25) is 0 Å². The number of fused-ring (bicyclic) bond motifs is 1. The molecule has 1 fully saturated rings. The zero-order valence-corrected chi connectivity index (χ0v) is 17.1. The van der Waals surface area contributed by atoms with E-state index >= 15 is 0 Å². The maximum atomic E-state index is 10.7. The van der Waals surface area contributed by atoms with Crippen molar-refractivity contribution in [1.82, 2.24) is 14.7 Å². The molecule has 0 spiro atoms. The lowest BCUT2D eigenvalue weighted by Crippen LogP contribution is -2.34. The standard InChI is InChI=1S/C22H26ClN3O3/c23-22-19-6-1-2-7-20(19)24-26(22)16-9-11-18(12-10-16)29-15-17-5-3-13-25(17)14-4-8-21(27)28/h1-2,6-7,9,11-12,16-17H,3-5,8,10,13-15H2,(H,27,28)/t16?,17-/m0/s1. The molecule has 7 heteroatoms. The van der Waals surface area contributed by atoms with E-state index in [-0.39, 0.29) is 12.5 Å². The first-order valence-corrected chi connectivity index (χ1v) is 10.6. The summed E-state index contributed by atoms with van der Waals surface area (Å²) in [5, 5.41) is 15.1. The van der Waals surface area contributed by atoms with Gasteiger partial charge >= 0.3 is 5.97 Å². The number of rotatable bonds is 8. The normalized spacial score (nSPS) is 22.2. The molecule has 6 nitrogen and oxygen atoms in total. The van der Waals surface area contributed by atoms with Crippen molar-refractivity contribution in [2.75, 3.05) is 19.7 Å². The largest absolute Gasteiger partial charge is 0.492 e. The maximum absolute atomic E-state index is 10.7. The van der Waals surface area contributed by atoms with Gasteiger partial charge in [0, 0.05) is 17.8 Å². The van der Waals surface area contributed by atoms with Crippen LogP contribution in [0.3, 0.4) is 0 Å².